The molecule has 2 rings (SSSR count). The first kappa shape index (κ1) is 12.9. The Morgan fingerprint density at radius 2 is 2.12 bits per heavy atom. The maximum Gasteiger partial charge on any atom is 0.0960 e. The Bertz CT molecular complexity index is 347. The first-order chi connectivity index (χ1) is 7.59. The van der Waals surface area contributed by atoms with Gasteiger partial charge < -0.3 is 0 Å². The summed E-state index contributed by atoms with van der Waals surface area (Å²) in [6.07, 6.45) is 6.74. The lowest BCUT2D eigenvalue weighted by Gasteiger charge is -2.32. The third kappa shape index (κ3) is 2.21. The molecule has 0 radical (unpaired) electrons. The molecule has 1 saturated carbocycles. The van der Waals surface area contributed by atoms with Crippen molar-refractivity contribution in [3.63, 3.8) is 0 Å². The molecule has 1 aliphatic carbocycles. The van der Waals surface area contributed by atoms with Crippen molar-refractivity contribution in [2.24, 2.45) is 5.41 Å². The summed E-state index contributed by atoms with van der Waals surface area (Å²) >= 11 is 11.8. The van der Waals surface area contributed by atoms with Crippen LogP contribution in [-0.4, -0.2) is 0 Å². The molecule has 16 heavy (non-hydrogen) atoms. The van der Waals surface area contributed by atoms with Crippen LogP contribution in [0.4, 0.5) is 0 Å². The van der Waals surface area contributed by atoms with Crippen molar-refractivity contribution >= 4 is 38.9 Å². The summed E-state index contributed by atoms with van der Waals surface area (Å²) in [5.74, 6) is 0. The van der Waals surface area contributed by atoms with Crippen molar-refractivity contribution in [1.29, 1.82) is 0 Å². The lowest BCUT2D eigenvalue weighted by molar-refractivity contribution is 0.281. The molecule has 0 amide bonds. The van der Waals surface area contributed by atoms with Crippen molar-refractivity contribution in [3.8, 4) is 0 Å². The molecule has 0 nitrogen and oxygen atoms in total. The van der Waals surface area contributed by atoms with Crippen LogP contribution in [0.2, 0.25) is 4.34 Å². The SMILES string of the molecule is CCC1(C(Br)c2cc(C)c(Cl)s2)CCCC1. The first-order valence-corrected chi connectivity index (χ1v) is 8.10. The highest BCUT2D eigenvalue weighted by Gasteiger charge is 2.39. The van der Waals surface area contributed by atoms with Crippen molar-refractivity contribution < 1.29 is 0 Å². The van der Waals surface area contributed by atoms with Gasteiger partial charge >= 0.3 is 0 Å². The fraction of sp³-hybridized carbons (Fsp3) is 0.692. The van der Waals surface area contributed by atoms with Gasteiger partial charge in [0.15, 0.2) is 0 Å². The lowest BCUT2D eigenvalue weighted by atomic mass is 9.79. The van der Waals surface area contributed by atoms with Gasteiger partial charge in [-0.05, 0) is 43.2 Å². The maximum atomic E-state index is 6.17. The van der Waals surface area contributed by atoms with Crippen LogP contribution < -0.4 is 0 Å². The molecule has 90 valence electrons. The highest BCUT2D eigenvalue weighted by molar-refractivity contribution is 9.09. The van der Waals surface area contributed by atoms with E-state index in [0.29, 0.717) is 10.2 Å². The van der Waals surface area contributed by atoms with Gasteiger partial charge in [0.2, 0.25) is 0 Å². The second kappa shape index (κ2) is 4.99. The molecule has 0 aliphatic heterocycles. The van der Waals surface area contributed by atoms with E-state index in [1.54, 1.807) is 11.3 Å². The van der Waals surface area contributed by atoms with E-state index in [4.69, 9.17) is 11.6 Å². The van der Waals surface area contributed by atoms with Crippen molar-refractivity contribution in [2.75, 3.05) is 0 Å². The van der Waals surface area contributed by atoms with Crippen molar-refractivity contribution in [2.45, 2.75) is 50.8 Å². The van der Waals surface area contributed by atoms with Crippen LogP contribution >= 0.6 is 38.9 Å². The predicted octanol–water partition coefficient (Wildman–Crippen LogP) is 6.12. The quantitative estimate of drug-likeness (QED) is 0.589. The van der Waals surface area contributed by atoms with Crippen LogP contribution in [0.3, 0.4) is 0 Å². The molecule has 3 heteroatoms. The van der Waals surface area contributed by atoms with Crippen molar-refractivity contribution in [3.05, 3.63) is 20.8 Å². The fourth-order valence-electron chi connectivity index (χ4n) is 2.78. The molecule has 0 aromatic carbocycles. The third-order valence-electron chi connectivity index (χ3n) is 3.97. The first-order valence-electron chi connectivity index (χ1n) is 5.99. The number of alkyl halides is 1. The Kier molecular flexibility index (Phi) is 4.03. The number of hydrogen-bond acceptors (Lipinski definition) is 1. The van der Waals surface area contributed by atoms with Gasteiger partial charge in [-0.2, -0.15) is 0 Å². The maximum absolute atomic E-state index is 6.17. The molecule has 1 unspecified atom stereocenters. The monoisotopic (exact) mass is 320 g/mol. The molecule has 0 N–H and O–H groups in total. The van der Waals surface area contributed by atoms with Crippen molar-refractivity contribution in [1.82, 2.24) is 0 Å². The Labute approximate surface area is 116 Å². The molecule has 1 atom stereocenters. The Morgan fingerprint density at radius 3 is 2.56 bits per heavy atom. The summed E-state index contributed by atoms with van der Waals surface area (Å²) in [6.45, 7) is 4.41. The largest absolute Gasteiger partial charge is 0.127 e. The Balaban J connectivity index is 2.26. The molecule has 0 saturated heterocycles. The fourth-order valence-corrected chi connectivity index (χ4v) is 5.31. The summed E-state index contributed by atoms with van der Waals surface area (Å²) in [5.41, 5.74) is 1.69. The van der Waals surface area contributed by atoms with Crippen LogP contribution in [-0.2, 0) is 0 Å². The zero-order chi connectivity index (χ0) is 11.8. The van der Waals surface area contributed by atoms with E-state index >= 15 is 0 Å². The Hall–Kier alpha value is 0.470. The van der Waals surface area contributed by atoms with E-state index < -0.39 is 0 Å². The van der Waals surface area contributed by atoms with Gasteiger partial charge in [0, 0.05) is 4.88 Å². The van der Waals surface area contributed by atoms with Gasteiger partial charge in [-0.25, -0.2) is 0 Å². The Morgan fingerprint density at radius 1 is 1.50 bits per heavy atom. The highest BCUT2D eigenvalue weighted by Crippen LogP contribution is 2.55. The van der Waals surface area contributed by atoms with Crippen LogP contribution in [0.15, 0.2) is 6.07 Å². The zero-order valence-electron chi connectivity index (χ0n) is 9.85. The number of thiophene rings is 1. The number of hydrogen-bond donors (Lipinski definition) is 0. The van der Waals surface area contributed by atoms with Crippen LogP contribution in [0.25, 0.3) is 0 Å². The van der Waals surface area contributed by atoms with Gasteiger partial charge in [-0.15, -0.1) is 11.3 Å². The number of halogens is 2. The standard InChI is InChI=1S/C13H18BrClS/c1-3-13(6-4-5-7-13)11(14)10-8-9(2)12(15)16-10/h8,11H,3-7H2,1-2H3. The van der Waals surface area contributed by atoms with Crippen LogP contribution in [0.1, 0.15) is 54.3 Å². The van der Waals surface area contributed by atoms with E-state index in [1.165, 1.54) is 42.5 Å². The minimum atomic E-state index is 0.473. The average Bonchev–Trinajstić information content (AvgIpc) is 2.87. The predicted molar refractivity (Wildman–Crippen MR) is 76.9 cm³/mol. The summed E-state index contributed by atoms with van der Waals surface area (Å²) in [4.78, 5) is 1.90. The van der Waals surface area contributed by atoms with E-state index in [0.717, 1.165) is 4.34 Å². The van der Waals surface area contributed by atoms with Gasteiger partial charge in [-0.1, -0.05) is 47.3 Å². The normalized spacial score (nSPS) is 21.2. The lowest BCUT2D eigenvalue weighted by Crippen LogP contribution is -2.20. The zero-order valence-corrected chi connectivity index (χ0v) is 13.0. The number of aryl methyl sites for hydroxylation is 1. The third-order valence-corrected chi connectivity index (χ3v) is 7.35. The smallest absolute Gasteiger partial charge is 0.0960 e. The summed E-state index contributed by atoms with van der Waals surface area (Å²) in [7, 11) is 0. The van der Waals surface area contributed by atoms with E-state index in [1.807, 2.05) is 0 Å². The van der Waals surface area contributed by atoms with E-state index in [9.17, 15) is 0 Å². The molecular formula is C13H18BrClS. The second-order valence-corrected chi connectivity index (χ2v) is 7.49. The van der Waals surface area contributed by atoms with E-state index in [2.05, 4.69) is 35.8 Å². The molecule has 0 spiro atoms. The van der Waals surface area contributed by atoms with Gasteiger partial charge in [-0.3, -0.25) is 0 Å². The van der Waals surface area contributed by atoms with Gasteiger partial charge in [0.1, 0.15) is 0 Å². The number of rotatable bonds is 3. The molecule has 1 aromatic rings. The molecular weight excluding hydrogens is 304 g/mol. The summed E-state index contributed by atoms with van der Waals surface area (Å²) in [5, 5.41) is 0. The van der Waals surface area contributed by atoms with Crippen LogP contribution in [0, 0.1) is 12.3 Å². The highest BCUT2D eigenvalue weighted by atomic mass is 79.9. The summed E-state index contributed by atoms with van der Waals surface area (Å²) in [6, 6.07) is 2.25. The van der Waals surface area contributed by atoms with Gasteiger partial charge in [0.25, 0.3) is 0 Å². The molecule has 0 bridgehead atoms. The summed E-state index contributed by atoms with van der Waals surface area (Å²) < 4.78 is 0.948. The molecule has 1 aliphatic rings. The van der Waals surface area contributed by atoms with E-state index in [-0.39, 0.29) is 0 Å². The molecule has 1 fully saturated rings. The second-order valence-electron chi connectivity index (χ2n) is 4.89. The van der Waals surface area contributed by atoms with Gasteiger partial charge in [0.05, 0.1) is 9.16 Å². The topological polar surface area (TPSA) is 0 Å². The minimum Gasteiger partial charge on any atom is -0.127 e. The molecule has 1 aromatic heterocycles. The van der Waals surface area contributed by atoms with Crippen LogP contribution in [0.5, 0.6) is 0 Å². The molecule has 1 heterocycles. The average molecular weight is 322 g/mol. The minimum absolute atomic E-state index is 0.473.